The highest BCUT2D eigenvalue weighted by Gasteiger charge is 2.46. The fourth-order valence-corrected chi connectivity index (χ4v) is 4.07. The molecule has 2 unspecified atom stereocenters. The highest BCUT2D eigenvalue weighted by Crippen LogP contribution is 2.55. The molecule has 1 nitrogen and oxygen atoms in total. The van der Waals surface area contributed by atoms with Crippen molar-refractivity contribution in [1.82, 2.24) is 4.90 Å². The first-order valence-electron chi connectivity index (χ1n) is 7.11. The minimum Gasteiger partial charge on any atom is -0.373 e. The number of fused-ring (bicyclic) bond motifs is 7. The minimum atomic E-state index is 0.183. The molecule has 96 valence electrons. The lowest BCUT2D eigenvalue weighted by atomic mass is 9.73. The summed E-state index contributed by atoms with van der Waals surface area (Å²) in [6, 6.07) is 9.51. The van der Waals surface area contributed by atoms with Crippen molar-refractivity contribution in [3.05, 3.63) is 71.0 Å². The molecule has 0 radical (unpaired) electrons. The predicted octanol–water partition coefficient (Wildman–Crippen LogP) is 4.10. The van der Waals surface area contributed by atoms with Crippen LogP contribution in [0.15, 0.2) is 59.8 Å². The second-order valence-electron chi connectivity index (χ2n) is 6.15. The first-order chi connectivity index (χ1) is 9.20. The lowest BCUT2D eigenvalue weighted by Gasteiger charge is -2.30. The molecule has 4 rings (SSSR count). The van der Waals surface area contributed by atoms with E-state index in [0.29, 0.717) is 6.04 Å². The van der Waals surface area contributed by atoms with E-state index in [1.54, 1.807) is 0 Å². The largest absolute Gasteiger partial charge is 0.373 e. The summed E-state index contributed by atoms with van der Waals surface area (Å²) in [6.45, 7) is 2.42. The van der Waals surface area contributed by atoms with Gasteiger partial charge in [0.25, 0.3) is 0 Å². The van der Waals surface area contributed by atoms with Gasteiger partial charge in [0.15, 0.2) is 0 Å². The van der Waals surface area contributed by atoms with Crippen LogP contribution in [-0.2, 0) is 5.41 Å². The number of hydrogen-bond acceptors (Lipinski definition) is 1. The summed E-state index contributed by atoms with van der Waals surface area (Å²) in [4.78, 5) is 2.40. The van der Waals surface area contributed by atoms with Crippen LogP contribution in [0, 0.1) is 0 Å². The van der Waals surface area contributed by atoms with Crippen LogP contribution in [0.5, 0.6) is 0 Å². The maximum absolute atomic E-state index is 2.42. The van der Waals surface area contributed by atoms with Gasteiger partial charge in [0.1, 0.15) is 0 Å². The summed E-state index contributed by atoms with van der Waals surface area (Å²) in [5.74, 6) is 0. The monoisotopic (exact) mass is 249 g/mol. The SMILES string of the molecule is CN1C=C2C=CCC=C2C2(C)CC1c1ccccc12. The smallest absolute Gasteiger partial charge is 0.0548 e. The zero-order chi connectivity index (χ0) is 13.0. The predicted molar refractivity (Wildman–Crippen MR) is 78.8 cm³/mol. The number of nitrogens with zero attached hydrogens (tertiary/aromatic N) is 1. The van der Waals surface area contributed by atoms with Crippen LogP contribution in [0.1, 0.15) is 36.9 Å². The molecule has 19 heavy (non-hydrogen) atoms. The van der Waals surface area contributed by atoms with E-state index in [9.17, 15) is 0 Å². The third-order valence-corrected chi connectivity index (χ3v) is 5.01. The molecule has 3 aliphatic rings. The summed E-state index contributed by atoms with van der Waals surface area (Å²) in [7, 11) is 2.21. The minimum absolute atomic E-state index is 0.183. The van der Waals surface area contributed by atoms with Crippen molar-refractivity contribution in [2.45, 2.75) is 31.2 Å². The second kappa shape index (κ2) is 3.63. The van der Waals surface area contributed by atoms with E-state index in [1.165, 1.54) is 28.7 Å². The van der Waals surface area contributed by atoms with Crippen molar-refractivity contribution in [2.75, 3.05) is 7.05 Å². The highest BCUT2D eigenvalue weighted by molar-refractivity contribution is 5.59. The molecule has 2 aliphatic carbocycles. The summed E-state index contributed by atoms with van der Waals surface area (Å²) >= 11 is 0. The maximum atomic E-state index is 2.42. The average molecular weight is 249 g/mol. The zero-order valence-electron chi connectivity index (χ0n) is 11.6. The second-order valence-corrected chi connectivity index (χ2v) is 6.15. The van der Waals surface area contributed by atoms with Crippen molar-refractivity contribution in [3.63, 3.8) is 0 Å². The van der Waals surface area contributed by atoms with Crippen LogP contribution >= 0.6 is 0 Å². The number of hydrogen-bond donors (Lipinski definition) is 0. The van der Waals surface area contributed by atoms with E-state index in [4.69, 9.17) is 0 Å². The Morgan fingerprint density at radius 3 is 3.00 bits per heavy atom. The topological polar surface area (TPSA) is 3.24 Å². The van der Waals surface area contributed by atoms with Gasteiger partial charge in [0.05, 0.1) is 6.04 Å². The summed E-state index contributed by atoms with van der Waals surface area (Å²) in [5.41, 5.74) is 6.14. The summed E-state index contributed by atoms with van der Waals surface area (Å²) in [5, 5.41) is 0. The normalized spacial score (nSPS) is 31.3. The van der Waals surface area contributed by atoms with Gasteiger partial charge in [-0.25, -0.2) is 0 Å². The van der Waals surface area contributed by atoms with Gasteiger partial charge < -0.3 is 4.90 Å². The van der Waals surface area contributed by atoms with Crippen LogP contribution in [0.25, 0.3) is 0 Å². The molecule has 0 spiro atoms. The fourth-order valence-electron chi connectivity index (χ4n) is 4.07. The molecule has 1 heteroatoms. The van der Waals surface area contributed by atoms with E-state index < -0.39 is 0 Å². The zero-order valence-corrected chi connectivity index (χ0v) is 11.6. The Morgan fingerprint density at radius 2 is 2.11 bits per heavy atom. The molecule has 0 fully saturated rings. The third-order valence-electron chi connectivity index (χ3n) is 5.01. The van der Waals surface area contributed by atoms with Gasteiger partial charge in [-0.15, -0.1) is 0 Å². The molecule has 0 saturated carbocycles. The van der Waals surface area contributed by atoms with Gasteiger partial charge in [0.2, 0.25) is 0 Å². The Labute approximate surface area is 114 Å². The molecule has 1 aliphatic heterocycles. The quantitative estimate of drug-likeness (QED) is 0.669. The maximum Gasteiger partial charge on any atom is 0.0548 e. The molecule has 1 heterocycles. The summed E-state index contributed by atoms with van der Waals surface area (Å²) in [6.07, 6.45) is 11.6. The van der Waals surface area contributed by atoms with Gasteiger partial charge in [-0.3, -0.25) is 0 Å². The molecule has 2 atom stereocenters. The Bertz CT molecular complexity index is 635. The van der Waals surface area contributed by atoms with Gasteiger partial charge in [-0.1, -0.05) is 49.4 Å². The lowest BCUT2D eigenvalue weighted by Crippen LogP contribution is -2.22. The molecular weight excluding hydrogens is 230 g/mol. The van der Waals surface area contributed by atoms with Gasteiger partial charge in [-0.2, -0.15) is 0 Å². The van der Waals surface area contributed by atoms with Crippen LogP contribution in [0.2, 0.25) is 0 Å². The molecule has 1 aromatic carbocycles. The summed E-state index contributed by atoms with van der Waals surface area (Å²) < 4.78 is 0. The van der Waals surface area contributed by atoms with E-state index in [-0.39, 0.29) is 5.41 Å². The molecule has 0 aromatic heterocycles. The van der Waals surface area contributed by atoms with Gasteiger partial charge in [0, 0.05) is 18.7 Å². The van der Waals surface area contributed by atoms with Gasteiger partial charge >= 0.3 is 0 Å². The highest BCUT2D eigenvalue weighted by atomic mass is 15.1. The molecular formula is C18H19N. The Balaban J connectivity index is 2.00. The van der Waals surface area contributed by atoms with Crippen molar-refractivity contribution in [2.24, 2.45) is 0 Å². The van der Waals surface area contributed by atoms with Gasteiger partial charge in [-0.05, 0) is 35.1 Å². The van der Waals surface area contributed by atoms with Crippen LogP contribution < -0.4 is 0 Å². The molecule has 0 amide bonds. The average Bonchev–Trinajstić information content (AvgIpc) is 2.68. The fraction of sp³-hybridized carbons (Fsp3) is 0.333. The van der Waals surface area contributed by atoms with E-state index >= 15 is 0 Å². The first-order valence-corrected chi connectivity index (χ1v) is 7.11. The lowest BCUT2D eigenvalue weighted by molar-refractivity contribution is 0.315. The number of allylic oxidation sites excluding steroid dienone is 5. The van der Waals surface area contributed by atoms with Crippen LogP contribution in [0.3, 0.4) is 0 Å². The van der Waals surface area contributed by atoms with E-state index in [2.05, 4.69) is 67.6 Å². The molecule has 0 N–H and O–H groups in total. The molecule has 1 aromatic rings. The Hall–Kier alpha value is -1.76. The van der Waals surface area contributed by atoms with Crippen LogP contribution in [0.4, 0.5) is 0 Å². The van der Waals surface area contributed by atoms with Crippen LogP contribution in [-0.4, -0.2) is 11.9 Å². The van der Waals surface area contributed by atoms with Crippen molar-refractivity contribution in [1.29, 1.82) is 0 Å². The van der Waals surface area contributed by atoms with E-state index in [0.717, 1.165) is 6.42 Å². The van der Waals surface area contributed by atoms with Crippen molar-refractivity contribution < 1.29 is 0 Å². The third kappa shape index (κ3) is 1.36. The van der Waals surface area contributed by atoms with Crippen molar-refractivity contribution >= 4 is 0 Å². The van der Waals surface area contributed by atoms with E-state index in [1.807, 2.05) is 0 Å². The molecule has 0 saturated heterocycles. The standard InChI is InChI=1S/C18H19N/c1-18-11-17(14-8-4-6-10-16(14)18)19(2)12-13-7-3-5-9-15(13)18/h3-4,6-10,12,17H,5,11H2,1-2H3. The van der Waals surface area contributed by atoms with Crippen molar-refractivity contribution in [3.8, 4) is 0 Å². The first kappa shape index (κ1) is 11.1. The Morgan fingerprint density at radius 1 is 1.26 bits per heavy atom. The number of rotatable bonds is 0. The molecule has 2 bridgehead atoms. The Kier molecular flexibility index (Phi) is 2.12. The number of benzene rings is 1.